The van der Waals surface area contributed by atoms with Crippen LogP contribution < -0.4 is 0 Å². The van der Waals surface area contributed by atoms with Crippen LogP contribution in [0.3, 0.4) is 0 Å². The molecule has 0 radical (unpaired) electrons. The van der Waals surface area contributed by atoms with Gasteiger partial charge in [-0.1, -0.05) is 13.8 Å². The van der Waals surface area contributed by atoms with E-state index in [0.717, 1.165) is 5.82 Å². The highest BCUT2D eigenvalue weighted by Gasteiger charge is 2.09. The van der Waals surface area contributed by atoms with Crippen LogP contribution in [0.1, 0.15) is 31.4 Å². The Morgan fingerprint density at radius 1 is 1.55 bits per heavy atom. The number of rotatable bonds is 2. The molecule has 1 aromatic heterocycles. The van der Waals surface area contributed by atoms with E-state index in [1.165, 1.54) is 4.68 Å². The van der Waals surface area contributed by atoms with Gasteiger partial charge in [-0.2, -0.15) is 4.68 Å². The van der Waals surface area contributed by atoms with Gasteiger partial charge in [0.2, 0.25) is 6.41 Å². The summed E-state index contributed by atoms with van der Waals surface area (Å²) in [6, 6.07) is 0. The average Bonchev–Trinajstić information content (AvgIpc) is 2.30. The average molecular weight is 153 g/mol. The number of hydrogen-bond acceptors (Lipinski definition) is 3. The molecule has 0 aliphatic rings. The molecule has 0 saturated heterocycles. The largest absolute Gasteiger partial charge is 0.276 e. The van der Waals surface area contributed by atoms with Gasteiger partial charge in [-0.05, 0) is 6.92 Å². The normalized spacial score (nSPS) is 10.5. The zero-order valence-electron chi connectivity index (χ0n) is 6.90. The van der Waals surface area contributed by atoms with Gasteiger partial charge in [-0.25, -0.2) is 4.98 Å². The number of aryl methyl sites for hydroxylation is 1. The molecule has 0 spiro atoms. The predicted molar refractivity (Wildman–Crippen MR) is 41.0 cm³/mol. The minimum absolute atomic E-state index is 0.237. The Bertz CT molecular complexity index is 265. The molecular formula is C7H11N3O. The fraction of sp³-hybridized carbons (Fsp3) is 0.571. The van der Waals surface area contributed by atoms with E-state index in [-0.39, 0.29) is 5.92 Å². The predicted octanol–water partition coefficient (Wildman–Crippen LogP) is 0.748. The number of carbonyl (C=O) groups excluding carboxylic acids is 1. The Morgan fingerprint density at radius 2 is 2.18 bits per heavy atom. The molecule has 0 atom stereocenters. The quantitative estimate of drug-likeness (QED) is 0.589. The van der Waals surface area contributed by atoms with Crippen LogP contribution in [0.5, 0.6) is 0 Å². The molecule has 0 fully saturated rings. The van der Waals surface area contributed by atoms with Crippen LogP contribution in [0.4, 0.5) is 0 Å². The first kappa shape index (κ1) is 7.91. The van der Waals surface area contributed by atoms with Gasteiger partial charge in [0, 0.05) is 5.92 Å². The Kier molecular flexibility index (Phi) is 2.03. The highest BCUT2D eigenvalue weighted by molar-refractivity contribution is 5.51. The van der Waals surface area contributed by atoms with Crippen LogP contribution in [-0.2, 0) is 4.79 Å². The van der Waals surface area contributed by atoms with E-state index in [0.29, 0.717) is 12.2 Å². The van der Waals surface area contributed by atoms with E-state index in [1.807, 2.05) is 13.8 Å². The summed E-state index contributed by atoms with van der Waals surface area (Å²) in [5.41, 5.74) is 0. The van der Waals surface area contributed by atoms with Crippen LogP contribution in [0, 0.1) is 6.92 Å². The lowest BCUT2D eigenvalue weighted by molar-refractivity contribution is 0.534. The van der Waals surface area contributed by atoms with Crippen molar-refractivity contribution >= 4 is 6.41 Å². The molecular weight excluding hydrogens is 142 g/mol. The molecule has 1 aromatic rings. The number of carbonyl (C=O) groups is 1. The SMILES string of the molecule is Cc1nc(C(C)C)n(C=O)n1. The first-order chi connectivity index (χ1) is 5.15. The van der Waals surface area contributed by atoms with E-state index in [1.54, 1.807) is 6.92 Å². The molecule has 1 heterocycles. The summed E-state index contributed by atoms with van der Waals surface area (Å²) < 4.78 is 1.28. The Balaban J connectivity index is 3.11. The van der Waals surface area contributed by atoms with Gasteiger partial charge in [-0.15, -0.1) is 5.10 Å². The molecule has 0 N–H and O–H groups in total. The molecule has 60 valence electrons. The van der Waals surface area contributed by atoms with Gasteiger partial charge in [0.15, 0.2) is 0 Å². The van der Waals surface area contributed by atoms with Crippen molar-refractivity contribution in [3.05, 3.63) is 11.6 Å². The van der Waals surface area contributed by atoms with Crippen LogP contribution in [0.15, 0.2) is 0 Å². The van der Waals surface area contributed by atoms with E-state index in [4.69, 9.17) is 0 Å². The van der Waals surface area contributed by atoms with E-state index >= 15 is 0 Å². The molecule has 4 heteroatoms. The van der Waals surface area contributed by atoms with Crippen molar-refractivity contribution in [2.75, 3.05) is 0 Å². The van der Waals surface area contributed by atoms with Gasteiger partial charge in [0.1, 0.15) is 11.6 Å². The first-order valence-electron chi connectivity index (χ1n) is 3.53. The molecule has 0 unspecified atom stereocenters. The molecule has 0 bridgehead atoms. The summed E-state index contributed by atoms with van der Waals surface area (Å²) >= 11 is 0. The van der Waals surface area contributed by atoms with E-state index < -0.39 is 0 Å². The lowest BCUT2D eigenvalue weighted by atomic mass is 10.2. The molecule has 1 rings (SSSR count). The summed E-state index contributed by atoms with van der Waals surface area (Å²) in [5, 5.41) is 3.89. The third-order valence-corrected chi connectivity index (χ3v) is 1.38. The van der Waals surface area contributed by atoms with Crippen molar-refractivity contribution in [2.24, 2.45) is 0 Å². The van der Waals surface area contributed by atoms with Gasteiger partial charge >= 0.3 is 0 Å². The Hall–Kier alpha value is -1.19. The molecule has 0 saturated carbocycles. The molecule has 0 aliphatic heterocycles. The number of hydrogen-bond donors (Lipinski definition) is 0. The summed E-state index contributed by atoms with van der Waals surface area (Å²) in [6.45, 7) is 5.72. The zero-order valence-corrected chi connectivity index (χ0v) is 6.90. The van der Waals surface area contributed by atoms with Crippen LogP contribution >= 0.6 is 0 Å². The topological polar surface area (TPSA) is 47.8 Å². The molecule has 0 amide bonds. The molecule has 0 aliphatic carbocycles. The first-order valence-corrected chi connectivity index (χ1v) is 3.53. The van der Waals surface area contributed by atoms with Gasteiger partial charge in [0.25, 0.3) is 0 Å². The summed E-state index contributed by atoms with van der Waals surface area (Å²) in [7, 11) is 0. The van der Waals surface area contributed by atoms with Crippen molar-refractivity contribution in [2.45, 2.75) is 26.7 Å². The maximum absolute atomic E-state index is 10.4. The van der Waals surface area contributed by atoms with E-state index in [2.05, 4.69) is 10.1 Å². The minimum Gasteiger partial charge on any atom is -0.276 e. The second kappa shape index (κ2) is 2.82. The van der Waals surface area contributed by atoms with Crippen LogP contribution in [-0.4, -0.2) is 21.2 Å². The van der Waals surface area contributed by atoms with Gasteiger partial charge < -0.3 is 0 Å². The third-order valence-electron chi connectivity index (χ3n) is 1.38. The summed E-state index contributed by atoms with van der Waals surface area (Å²) in [6.07, 6.45) is 0.676. The third kappa shape index (κ3) is 1.45. The van der Waals surface area contributed by atoms with Gasteiger partial charge in [0.05, 0.1) is 0 Å². The lowest BCUT2D eigenvalue weighted by Gasteiger charge is -1.99. The lowest BCUT2D eigenvalue weighted by Crippen LogP contribution is -2.05. The highest BCUT2D eigenvalue weighted by Crippen LogP contribution is 2.09. The van der Waals surface area contributed by atoms with Crippen molar-refractivity contribution in [1.29, 1.82) is 0 Å². The maximum Gasteiger partial charge on any atom is 0.235 e. The molecule has 0 aromatic carbocycles. The minimum atomic E-state index is 0.237. The van der Waals surface area contributed by atoms with Crippen molar-refractivity contribution in [3.8, 4) is 0 Å². The Morgan fingerprint density at radius 3 is 2.55 bits per heavy atom. The monoisotopic (exact) mass is 153 g/mol. The second-order valence-corrected chi connectivity index (χ2v) is 2.72. The summed E-state index contributed by atoms with van der Waals surface area (Å²) in [4.78, 5) is 14.5. The zero-order chi connectivity index (χ0) is 8.43. The second-order valence-electron chi connectivity index (χ2n) is 2.72. The van der Waals surface area contributed by atoms with Crippen molar-refractivity contribution in [3.63, 3.8) is 0 Å². The van der Waals surface area contributed by atoms with Crippen LogP contribution in [0.25, 0.3) is 0 Å². The van der Waals surface area contributed by atoms with Gasteiger partial charge in [-0.3, -0.25) is 4.79 Å². The standard InChI is InChI=1S/C7H11N3O/c1-5(2)7-8-6(3)9-10(7)4-11/h4-5H,1-3H3. The fourth-order valence-electron chi connectivity index (χ4n) is 0.918. The summed E-state index contributed by atoms with van der Waals surface area (Å²) in [5.74, 6) is 1.60. The highest BCUT2D eigenvalue weighted by atomic mass is 16.1. The van der Waals surface area contributed by atoms with Crippen LogP contribution in [0.2, 0.25) is 0 Å². The van der Waals surface area contributed by atoms with E-state index in [9.17, 15) is 4.79 Å². The smallest absolute Gasteiger partial charge is 0.235 e. The number of nitrogens with zero attached hydrogens (tertiary/aromatic N) is 3. The fourth-order valence-corrected chi connectivity index (χ4v) is 0.918. The van der Waals surface area contributed by atoms with Crippen molar-refractivity contribution < 1.29 is 4.79 Å². The molecule has 4 nitrogen and oxygen atoms in total. The Labute approximate surface area is 65.2 Å². The van der Waals surface area contributed by atoms with Crippen molar-refractivity contribution in [1.82, 2.24) is 14.8 Å². The number of aromatic nitrogens is 3. The molecule has 11 heavy (non-hydrogen) atoms. The maximum atomic E-state index is 10.4.